The van der Waals surface area contributed by atoms with Crippen molar-refractivity contribution in [3.63, 3.8) is 0 Å². The summed E-state index contributed by atoms with van der Waals surface area (Å²) in [7, 11) is 0. The zero-order valence-electron chi connectivity index (χ0n) is 23.2. The van der Waals surface area contributed by atoms with Crippen LogP contribution >= 0.6 is 11.3 Å². The number of non-ortho nitro benzene ring substituents is 1. The lowest BCUT2D eigenvalue weighted by atomic mass is 9.62. The van der Waals surface area contributed by atoms with Crippen LogP contribution in [0, 0.1) is 23.0 Å². The number of aromatic nitrogens is 1. The number of nitro groups is 1. The van der Waals surface area contributed by atoms with Crippen molar-refractivity contribution in [1.82, 2.24) is 4.98 Å². The molecule has 10 heteroatoms. The number of nitrogen functional groups attached to an aromatic ring is 1. The van der Waals surface area contributed by atoms with Gasteiger partial charge in [-0.05, 0) is 48.9 Å². The third-order valence-corrected chi connectivity index (χ3v) is 9.30. The number of carbonyl (C=O) groups is 2. The summed E-state index contributed by atoms with van der Waals surface area (Å²) < 4.78 is 0. The molecule has 6 rings (SSSR count). The summed E-state index contributed by atoms with van der Waals surface area (Å²) in [5, 5.41) is 28.5. The smallest absolute Gasteiger partial charge is 0.269 e. The molecule has 3 aromatic carbocycles. The second-order valence-corrected chi connectivity index (χ2v) is 12.0. The average Bonchev–Trinajstić information content (AvgIpc) is 3.27. The number of anilines is 2. The predicted molar refractivity (Wildman–Crippen MR) is 164 cm³/mol. The van der Waals surface area contributed by atoms with Crippen LogP contribution in [-0.2, 0) is 11.2 Å². The molecule has 0 saturated heterocycles. The van der Waals surface area contributed by atoms with Crippen LogP contribution in [0.2, 0.25) is 0 Å². The van der Waals surface area contributed by atoms with Gasteiger partial charge in [-0.3, -0.25) is 19.7 Å². The number of nitro benzene ring substituents is 1. The lowest BCUT2D eigenvalue weighted by Gasteiger charge is -2.43. The molecule has 1 amide bonds. The van der Waals surface area contributed by atoms with Gasteiger partial charge in [0.2, 0.25) is 0 Å². The van der Waals surface area contributed by atoms with Gasteiger partial charge in [-0.25, -0.2) is 4.98 Å². The van der Waals surface area contributed by atoms with Crippen molar-refractivity contribution in [3.05, 3.63) is 104 Å². The van der Waals surface area contributed by atoms with E-state index in [1.54, 1.807) is 19.1 Å². The number of Topliss-reactive ketones (excluding diaryl/α,β-unsaturated/α-hetero) is 1. The topological polar surface area (TPSA) is 148 Å². The number of nitrogens with two attached hydrogens (primary N) is 1. The molecule has 42 heavy (non-hydrogen) atoms. The summed E-state index contributed by atoms with van der Waals surface area (Å²) >= 11 is 1.18. The molecular weight excluding hydrogens is 552 g/mol. The minimum absolute atomic E-state index is 0.0739. The van der Waals surface area contributed by atoms with Gasteiger partial charge in [0.1, 0.15) is 15.5 Å². The van der Waals surface area contributed by atoms with E-state index < -0.39 is 22.4 Å². The number of nitrogens with one attached hydrogen (secondary N) is 1. The molecule has 9 nitrogen and oxygen atoms in total. The van der Waals surface area contributed by atoms with E-state index in [0.717, 1.165) is 21.9 Å². The van der Waals surface area contributed by atoms with Crippen LogP contribution in [0.25, 0.3) is 21.0 Å². The van der Waals surface area contributed by atoms with Crippen molar-refractivity contribution >= 4 is 61.1 Å². The molecule has 1 aliphatic carbocycles. The van der Waals surface area contributed by atoms with Crippen LogP contribution in [0.1, 0.15) is 51.8 Å². The van der Waals surface area contributed by atoms with Crippen molar-refractivity contribution in [1.29, 1.82) is 0 Å². The first-order valence-corrected chi connectivity index (χ1v) is 14.3. The molecule has 0 radical (unpaired) electrons. The number of fused-ring (bicyclic) bond motifs is 4. The Morgan fingerprint density at radius 3 is 2.50 bits per heavy atom. The molecule has 1 aliphatic rings. The third kappa shape index (κ3) is 4.40. The highest BCUT2D eigenvalue weighted by Gasteiger charge is 2.48. The maximum atomic E-state index is 13.6. The second kappa shape index (κ2) is 10.0. The van der Waals surface area contributed by atoms with Gasteiger partial charge in [0.15, 0.2) is 0 Å². The molecule has 5 aromatic rings. The standard InChI is InChI=1S/C32H28N4O5S/c1-16-24-22(15-32(3,39)27(17(2)37)25(24)19-11-13-20(14-12-19)36(40)41)26-28(33)29(42-31(26)34-16)30(38)35-23-10-6-8-18-7-4-5-9-21(18)23/h4-14,25,27,39H,15,33H2,1-3H3,(H,35,38). The molecule has 4 N–H and O–H groups in total. The number of hydrogen-bond donors (Lipinski definition) is 3. The number of carbonyl (C=O) groups excluding carboxylic acids is 2. The van der Waals surface area contributed by atoms with E-state index in [0.29, 0.717) is 32.0 Å². The quantitative estimate of drug-likeness (QED) is 0.167. The Kier molecular flexibility index (Phi) is 6.55. The van der Waals surface area contributed by atoms with Gasteiger partial charge in [0.25, 0.3) is 11.6 Å². The lowest BCUT2D eigenvalue weighted by molar-refractivity contribution is -0.384. The Morgan fingerprint density at radius 1 is 1.12 bits per heavy atom. The summed E-state index contributed by atoms with van der Waals surface area (Å²) in [6.45, 7) is 4.90. The van der Waals surface area contributed by atoms with Gasteiger partial charge >= 0.3 is 0 Å². The van der Waals surface area contributed by atoms with Crippen molar-refractivity contribution < 1.29 is 19.6 Å². The Labute approximate surface area is 245 Å². The summed E-state index contributed by atoms with van der Waals surface area (Å²) in [6, 6.07) is 19.5. The van der Waals surface area contributed by atoms with Gasteiger partial charge in [-0.2, -0.15) is 0 Å². The monoisotopic (exact) mass is 580 g/mol. The minimum atomic E-state index is -1.45. The zero-order chi connectivity index (χ0) is 29.9. The average molecular weight is 581 g/mol. The van der Waals surface area contributed by atoms with E-state index >= 15 is 0 Å². The summed E-state index contributed by atoms with van der Waals surface area (Å²) in [5.41, 5.74) is 8.84. The number of nitrogens with zero attached hydrogens (tertiary/aromatic N) is 2. The zero-order valence-corrected chi connectivity index (χ0v) is 24.0. The number of amides is 1. The van der Waals surface area contributed by atoms with Crippen LogP contribution in [0.4, 0.5) is 17.1 Å². The van der Waals surface area contributed by atoms with Crippen molar-refractivity contribution in [2.45, 2.75) is 38.7 Å². The molecule has 0 bridgehead atoms. The molecule has 212 valence electrons. The van der Waals surface area contributed by atoms with E-state index in [2.05, 4.69) is 5.32 Å². The molecule has 3 unspecified atom stereocenters. The van der Waals surface area contributed by atoms with E-state index in [1.807, 2.05) is 49.4 Å². The Bertz CT molecular complexity index is 1920. The number of aliphatic hydroxyl groups is 1. The van der Waals surface area contributed by atoms with Crippen LogP contribution in [0.15, 0.2) is 66.7 Å². The fraction of sp³-hybridized carbons (Fsp3) is 0.219. The van der Waals surface area contributed by atoms with Gasteiger partial charge < -0.3 is 16.2 Å². The molecule has 0 aliphatic heterocycles. The summed E-state index contributed by atoms with van der Waals surface area (Å²) in [4.78, 5) is 43.1. The van der Waals surface area contributed by atoms with Gasteiger partial charge in [-0.15, -0.1) is 11.3 Å². The third-order valence-electron chi connectivity index (χ3n) is 8.21. The highest BCUT2D eigenvalue weighted by molar-refractivity contribution is 7.21. The Hall–Kier alpha value is -4.67. The molecular formula is C32H28N4O5S. The van der Waals surface area contributed by atoms with Gasteiger partial charge in [0, 0.05) is 46.6 Å². The minimum Gasteiger partial charge on any atom is -0.397 e. The SMILES string of the molecule is CC(=O)C1C(c2ccc([N+](=O)[O-])cc2)c2c(C)nc3sc(C(=O)Nc4cccc5ccccc45)c(N)c3c2CC1(C)O. The number of ketones is 1. The Morgan fingerprint density at radius 2 is 1.81 bits per heavy atom. The highest BCUT2D eigenvalue weighted by Crippen LogP contribution is 2.51. The number of hydrogen-bond acceptors (Lipinski definition) is 8. The first kappa shape index (κ1) is 27.5. The van der Waals surface area contributed by atoms with Crippen LogP contribution in [0.5, 0.6) is 0 Å². The molecule has 2 heterocycles. The second-order valence-electron chi connectivity index (χ2n) is 11.0. The van der Waals surface area contributed by atoms with Crippen LogP contribution in [-0.4, -0.2) is 32.3 Å². The lowest BCUT2D eigenvalue weighted by Crippen LogP contribution is -2.48. The van der Waals surface area contributed by atoms with Crippen molar-refractivity contribution in [3.8, 4) is 0 Å². The number of rotatable bonds is 5. The van der Waals surface area contributed by atoms with E-state index in [1.165, 1.54) is 30.4 Å². The number of aryl methyl sites for hydroxylation is 1. The summed E-state index contributed by atoms with van der Waals surface area (Å²) in [5.74, 6) is -2.01. The van der Waals surface area contributed by atoms with E-state index in [9.17, 15) is 24.8 Å². The molecule has 0 saturated carbocycles. The first-order valence-electron chi connectivity index (χ1n) is 13.5. The van der Waals surface area contributed by atoms with Crippen molar-refractivity contribution in [2.75, 3.05) is 11.1 Å². The number of thiophene rings is 1. The maximum absolute atomic E-state index is 13.6. The summed E-state index contributed by atoms with van der Waals surface area (Å²) in [6.07, 6.45) is 0.126. The maximum Gasteiger partial charge on any atom is 0.269 e. The normalized spacial score (nSPS) is 19.9. The number of pyridine rings is 1. The fourth-order valence-electron chi connectivity index (χ4n) is 6.47. The molecule has 0 spiro atoms. The first-order chi connectivity index (χ1) is 20.0. The fourth-order valence-corrected chi connectivity index (χ4v) is 7.54. The molecule has 3 atom stereocenters. The van der Waals surface area contributed by atoms with Crippen molar-refractivity contribution in [2.24, 2.45) is 5.92 Å². The molecule has 2 aromatic heterocycles. The molecule has 0 fully saturated rings. The van der Waals surface area contributed by atoms with E-state index in [-0.39, 0.29) is 29.5 Å². The largest absolute Gasteiger partial charge is 0.397 e. The van der Waals surface area contributed by atoms with Crippen LogP contribution in [0.3, 0.4) is 0 Å². The van der Waals surface area contributed by atoms with Gasteiger partial charge in [0.05, 0.1) is 22.1 Å². The van der Waals surface area contributed by atoms with Crippen LogP contribution < -0.4 is 11.1 Å². The highest BCUT2D eigenvalue weighted by atomic mass is 32.1. The van der Waals surface area contributed by atoms with Gasteiger partial charge in [-0.1, -0.05) is 48.5 Å². The Balaban J connectivity index is 1.51. The predicted octanol–water partition coefficient (Wildman–Crippen LogP) is 6.14. The van der Waals surface area contributed by atoms with E-state index in [4.69, 9.17) is 10.7 Å². The number of benzene rings is 3.